The van der Waals surface area contributed by atoms with Crippen molar-refractivity contribution in [1.82, 2.24) is 4.90 Å². The van der Waals surface area contributed by atoms with Gasteiger partial charge in [0.25, 0.3) is 0 Å². The minimum absolute atomic E-state index is 0.0177. The summed E-state index contributed by atoms with van der Waals surface area (Å²) < 4.78 is 5.92. The van der Waals surface area contributed by atoms with E-state index < -0.39 is 0 Å². The van der Waals surface area contributed by atoms with E-state index in [1.54, 1.807) is 0 Å². The van der Waals surface area contributed by atoms with Gasteiger partial charge in [0.05, 0.1) is 6.10 Å². The van der Waals surface area contributed by atoms with Gasteiger partial charge < -0.3 is 15.0 Å². The number of carbonyl (C=O) groups is 1. The van der Waals surface area contributed by atoms with Crippen LogP contribution in [0.1, 0.15) is 25.7 Å². The number of rotatable bonds is 4. The van der Waals surface area contributed by atoms with Crippen molar-refractivity contribution in [3.05, 3.63) is 30.3 Å². The molecule has 1 saturated heterocycles. The van der Waals surface area contributed by atoms with Crippen molar-refractivity contribution in [1.29, 1.82) is 0 Å². The van der Waals surface area contributed by atoms with E-state index in [4.69, 9.17) is 4.74 Å². The van der Waals surface area contributed by atoms with Crippen LogP contribution in [0.2, 0.25) is 0 Å². The molecule has 0 bridgehead atoms. The van der Waals surface area contributed by atoms with E-state index in [2.05, 4.69) is 5.32 Å². The SMILES string of the molecule is O=C(Nc1ccccc1)N1CCCC(OCC2CC2)C1. The number of para-hydroxylation sites is 1. The molecule has 4 nitrogen and oxygen atoms in total. The van der Waals surface area contributed by atoms with Gasteiger partial charge in [-0.15, -0.1) is 0 Å². The summed E-state index contributed by atoms with van der Waals surface area (Å²) in [4.78, 5) is 14.1. The van der Waals surface area contributed by atoms with Crippen molar-refractivity contribution in [2.45, 2.75) is 31.8 Å². The third kappa shape index (κ3) is 3.73. The molecule has 1 heterocycles. The van der Waals surface area contributed by atoms with E-state index in [9.17, 15) is 4.79 Å². The van der Waals surface area contributed by atoms with Gasteiger partial charge in [0.1, 0.15) is 0 Å². The number of carbonyl (C=O) groups excluding carboxylic acids is 1. The number of nitrogens with zero attached hydrogens (tertiary/aromatic N) is 1. The van der Waals surface area contributed by atoms with Crippen LogP contribution in [0.25, 0.3) is 0 Å². The second kappa shape index (κ2) is 6.27. The number of nitrogens with one attached hydrogen (secondary N) is 1. The summed E-state index contributed by atoms with van der Waals surface area (Å²) >= 11 is 0. The number of benzene rings is 1. The van der Waals surface area contributed by atoms with Crippen LogP contribution in [0.4, 0.5) is 10.5 Å². The molecule has 1 saturated carbocycles. The molecule has 20 heavy (non-hydrogen) atoms. The summed E-state index contributed by atoms with van der Waals surface area (Å²) in [6.45, 7) is 2.41. The van der Waals surface area contributed by atoms with Crippen LogP contribution in [0.3, 0.4) is 0 Å². The molecule has 1 aliphatic carbocycles. The number of ether oxygens (including phenoxy) is 1. The van der Waals surface area contributed by atoms with Crippen LogP contribution in [-0.2, 0) is 4.74 Å². The van der Waals surface area contributed by atoms with Crippen molar-refractivity contribution < 1.29 is 9.53 Å². The average Bonchev–Trinajstić information content (AvgIpc) is 3.31. The molecule has 1 aliphatic heterocycles. The number of likely N-dealkylation sites (tertiary alicyclic amines) is 1. The minimum atomic E-state index is -0.0177. The molecule has 1 aromatic carbocycles. The van der Waals surface area contributed by atoms with Gasteiger partial charge in [-0.3, -0.25) is 0 Å². The van der Waals surface area contributed by atoms with E-state index >= 15 is 0 Å². The van der Waals surface area contributed by atoms with Crippen LogP contribution in [0.15, 0.2) is 30.3 Å². The Balaban J connectivity index is 1.49. The molecule has 2 fully saturated rings. The van der Waals surface area contributed by atoms with Gasteiger partial charge in [-0.05, 0) is 43.7 Å². The summed E-state index contributed by atoms with van der Waals surface area (Å²) in [5.74, 6) is 0.781. The Morgan fingerprint density at radius 2 is 2.05 bits per heavy atom. The monoisotopic (exact) mass is 274 g/mol. The molecular weight excluding hydrogens is 252 g/mol. The Labute approximate surface area is 120 Å². The maximum Gasteiger partial charge on any atom is 0.321 e. The Hall–Kier alpha value is -1.55. The maximum absolute atomic E-state index is 12.2. The molecule has 108 valence electrons. The fourth-order valence-electron chi connectivity index (χ4n) is 2.54. The van der Waals surface area contributed by atoms with E-state index in [0.29, 0.717) is 6.54 Å². The highest BCUT2D eigenvalue weighted by molar-refractivity contribution is 5.89. The third-order valence-corrected chi connectivity index (χ3v) is 3.95. The van der Waals surface area contributed by atoms with Crippen molar-refractivity contribution in [2.75, 3.05) is 25.0 Å². The zero-order valence-electron chi connectivity index (χ0n) is 11.8. The molecule has 1 N–H and O–H groups in total. The highest BCUT2D eigenvalue weighted by atomic mass is 16.5. The molecule has 0 radical (unpaired) electrons. The first-order valence-corrected chi connectivity index (χ1v) is 7.54. The normalized spacial score (nSPS) is 22.6. The van der Waals surface area contributed by atoms with Crippen molar-refractivity contribution in [3.63, 3.8) is 0 Å². The second-order valence-corrected chi connectivity index (χ2v) is 5.78. The first-order chi connectivity index (χ1) is 9.81. The largest absolute Gasteiger partial charge is 0.376 e. The van der Waals surface area contributed by atoms with Crippen LogP contribution < -0.4 is 5.32 Å². The quantitative estimate of drug-likeness (QED) is 0.916. The van der Waals surface area contributed by atoms with Crippen LogP contribution in [0.5, 0.6) is 0 Å². The van der Waals surface area contributed by atoms with E-state index in [1.807, 2.05) is 35.2 Å². The van der Waals surface area contributed by atoms with E-state index in [-0.39, 0.29) is 12.1 Å². The van der Waals surface area contributed by atoms with Gasteiger partial charge in [0.15, 0.2) is 0 Å². The summed E-state index contributed by atoms with van der Waals surface area (Å²) in [5.41, 5.74) is 0.846. The molecule has 1 unspecified atom stereocenters. The van der Waals surface area contributed by atoms with Gasteiger partial charge in [-0.1, -0.05) is 18.2 Å². The molecule has 1 aromatic rings. The van der Waals surface area contributed by atoms with Crippen molar-refractivity contribution in [3.8, 4) is 0 Å². The molecule has 2 amide bonds. The van der Waals surface area contributed by atoms with Crippen LogP contribution >= 0.6 is 0 Å². The first kappa shape index (κ1) is 13.4. The van der Waals surface area contributed by atoms with Crippen molar-refractivity contribution >= 4 is 11.7 Å². The van der Waals surface area contributed by atoms with E-state index in [0.717, 1.165) is 37.6 Å². The van der Waals surface area contributed by atoms with Crippen LogP contribution in [-0.4, -0.2) is 36.7 Å². The molecular formula is C16H22N2O2. The highest BCUT2D eigenvalue weighted by Gasteiger charge is 2.27. The number of amides is 2. The van der Waals surface area contributed by atoms with E-state index in [1.165, 1.54) is 12.8 Å². The fourth-order valence-corrected chi connectivity index (χ4v) is 2.54. The Kier molecular flexibility index (Phi) is 4.21. The summed E-state index contributed by atoms with van der Waals surface area (Å²) in [7, 11) is 0. The number of anilines is 1. The number of urea groups is 1. The van der Waals surface area contributed by atoms with Gasteiger partial charge in [0.2, 0.25) is 0 Å². The molecule has 4 heteroatoms. The van der Waals surface area contributed by atoms with Crippen molar-refractivity contribution in [2.24, 2.45) is 5.92 Å². The topological polar surface area (TPSA) is 41.6 Å². The summed E-state index contributed by atoms with van der Waals surface area (Å²) in [6.07, 6.45) is 4.93. The lowest BCUT2D eigenvalue weighted by Gasteiger charge is -2.32. The maximum atomic E-state index is 12.2. The lowest BCUT2D eigenvalue weighted by Crippen LogP contribution is -2.45. The third-order valence-electron chi connectivity index (χ3n) is 3.95. The van der Waals surface area contributed by atoms with Gasteiger partial charge in [-0.25, -0.2) is 4.79 Å². The number of hydrogen-bond acceptors (Lipinski definition) is 2. The molecule has 1 atom stereocenters. The Bertz CT molecular complexity index is 445. The summed E-state index contributed by atoms with van der Waals surface area (Å²) in [5, 5.41) is 2.94. The lowest BCUT2D eigenvalue weighted by molar-refractivity contribution is 0.00597. The smallest absolute Gasteiger partial charge is 0.321 e. The van der Waals surface area contributed by atoms with Gasteiger partial charge in [-0.2, -0.15) is 0 Å². The number of hydrogen-bond donors (Lipinski definition) is 1. The molecule has 2 aliphatic rings. The Morgan fingerprint density at radius 1 is 1.25 bits per heavy atom. The average molecular weight is 274 g/mol. The molecule has 0 aromatic heterocycles. The summed E-state index contributed by atoms with van der Waals surface area (Å²) in [6, 6.07) is 9.58. The zero-order chi connectivity index (χ0) is 13.8. The Morgan fingerprint density at radius 3 is 2.80 bits per heavy atom. The second-order valence-electron chi connectivity index (χ2n) is 5.78. The van der Waals surface area contributed by atoms with Crippen LogP contribution in [0, 0.1) is 5.92 Å². The predicted molar refractivity (Wildman–Crippen MR) is 78.7 cm³/mol. The fraction of sp³-hybridized carbons (Fsp3) is 0.562. The molecule has 0 spiro atoms. The minimum Gasteiger partial charge on any atom is -0.376 e. The zero-order valence-corrected chi connectivity index (χ0v) is 11.8. The predicted octanol–water partition coefficient (Wildman–Crippen LogP) is 3.11. The highest BCUT2D eigenvalue weighted by Crippen LogP contribution is 2.30. The standard InChI is InChI=1S/C16H22N2O2/c19-16(17-14-5-2-1-3-6-14)18-10-4-7-15(11-18)20-12-13-8-9-13/h1-3,5-6,13,15H,4,7-12H2,(H,17,19). The lowest BCUT2D eigenvalue weighted by atomic mass is 10.1. The number of piperidine rings is 1. The van der Waals surface area contributed by atoms with Gasteiger partial charge in [0, 0.05) is 25.4 Å². The first-order valence-electron chi connectivity index (χ1n) is 7.54. The van der Waals surface area contributed by atoms with Gasteiger partial charge >= 0.3 is 6.03 Å². The molecule has 3 rings (SSSR count).